The molecule has 0 spiro atoms. The fraction of sp³-hybridized carbons (Fsp3) is 0.556. The minimum Gasteiger partial charge on any atom is -0.327 e. The summed E-state index contributed by atoms with van der Waals surface area (Å²) in [5, 5.41) is 0. The summed E-state index contributed by atoms with van der Waals surface area (Å²) < 4.78 is 26.7. The summed E-state index contributed by atoms with van der Waals surface area (Å²) >= 11 is 0. The van der Waals surface area contributed by atoms with E-state index in [0.29, 0.717) is 12.0 Å². The van der Waals surface area contributed by atoms with Crippen LogP contribution in [0.5, 0.6) is 0 Å². The van der Waals surface area contributed by atoms with Crippen molar-refractivity contribution in [2.45, 2.75) is 76.7 Å². The maximum absolute atomic E-state index is 13.5. The largest absolute Gasteiger partial charge is 0.327 e. The average Bonchev–Trinajstić information content (AvgIpc) is 2.81. The van der Waals surface area contributed by atoms with Crippen molar-refractivity contribution in [3.63, 3.8) is 0 Å². The maximum atomic E-state index is 13.5. The maximum Gasteiger partial charge on any atom is 0.159 e. The third-order valence-electron chi connectivity index (χ3n) is 7.97. The Kier molecular flexibility index (Phi) is 6.87. The van der Waals surface area contributed by atoms with Gasteiger partial charge in [0.25, 0.3) is 0 Å². The second-order valence-electron chi connectivity index (χ2n) is 9.61. The monoisotopic (exact) mass is 411 g/mol. The van der Waals surface area contributed by atoms with Crippen LogP contribution >= 0.6 is 0 Å². The average molecular weight is 412 g/mol. The molecule has 2 fully saturated rings. The van der Waals surface area contributed by atoms with Crippen LogP contribution in [-0.2, 0) is 0 Å². The first-order valence-electron chi connectivity index (χ1n) is 11.9. The highest BCUT2D eigenvalue weighted by atomic mass is 19.2. The van der Waals surface area contributed by atoms with Crippen LogP contribution in [0, 0.1) is 29.4 Å². The standard InChI is InChI=1S/C27H35F2N/c1-2-27(30)23-13-11-21(12-14-23)19-5-3-18(4-6-19)20-7-9-22(10-8-20)24-15-16-25(28)26(29)17-24/h7-10,15-19,21,23,27H,2-6,11-14,30H2,1H3. The number of halogens is 2. The first-order valence-corrected chi connectivity index (χ1v) is 11.9. The Morgan fingerprint density at radius 1 is 0.767 bits per heavy atom. The zero-order chi connectivity index (χ0) is 21.1. The molecular formula is C27H35F2N. The third kappa shape index (κ3) is 4.77. The van der Waals surface area contributed by atoms with Crippen LogP contribution in [0.2, 0.25) is 0 Å². The van der Waals surface area contributed by atoms with E-state index in [1.165, 1.54) is 69.1 Å². The number of benzene rings is 2. The molecule has 1 unspecified atom stereocenters. The molecule has 0 aromatic heterocycles. The summed E-state index contributed by atoms with van der Waals surface area (Å²) in [4.78, 5) is 0. The van der Waals surface area contributed by atoms with Crippen molar-refractivity contribution in [3.05, 3.63) is 59.7 Å². The van der Waals surface area contributed by atoms with Crippen molar-refractivity contribution in [3.8, 4) is 11.1 Å². The van der Waals surface area contributed by atoms with Crippen molar-refractivity contribution in [1.29, 1.82) is 0 Å². The summed E-state index contributed by atoms with van der Waals surface area (Å²) in [5.74, 6) is 1.58. The highest BCUT2D eigenvalue weighted by molar-refractivity contribution is 5.63. The summed E-state index contributed by atoms with van der Waals surface area (Å²) in [6, 6.07) is 13.0. The van der Waals surface area contributed by atoms with E-state index in [4.69, 9.17) is 5.73 Å². The van der Waals surface area contributed by atoms with E-state index in [2.05, 4.69) is 19.1 Å². The van der Waals surface area contributed by atoms with Crippen molar-refractivity contribution in [2.24, 2.45) is 23.5 Å². The summed E-state index contributed by atoms with van der Waals surface area (Å²) in [6.07, 6.45) is 11.7. The molecule has 162 valence electrons. The zero-order valence-corrected chi connectivity index (χ0v) is 18.1. The number of nitrogens with two attached hydrogens (primary N) is 1. The lowest BCUT2D eigenvalue weighted by Gasteiger charge is -2.39. The predicted molar refractivity (Wildman–Crippen MR) is 120 cm³/mol. The molecule has 2 N–H and O–H groups in total. The number of rotatable bonds is 5. The first kappa shape index (κ1) is 21.5. The van der Waals surface area contributed by atoms with Gasteiger partial charge in [-0.15, -0.1) is 0 Å². The molecule has 0 aliphatic heterocycles. The van der Waals surface area contributed by atoms with E-state index in [1.807, 2.05) is 12.1 Å². The van der Waals surface area contributed by atoms with Gasteiger partial charge in [0.15, 0.2) is 11.6 Å². The molecule has 0 radical (unpaired) electrons. The van der Waals surface area contributed by atoms with Crippen LogP contribution in [0.4, 0.5) is 8.78 Å². The van der Waals surface area contributed by atoms with Crippen molar-refractivity contribution in [1.82, 2.24) is 0 Å². The molecular weight excluding hydrogens is 376 g/mol. The van der Waals surface area contributed by atoms with Gasteiger partial charge in [0.1, 0.15) is 0 Å². The van der Waals surface area contributed by atoms with Crippen LogP contribution in [-0.4, -0.2) is 6.04 Å². The van der Waals surface area contributed by atoms with Crippen molar-refractivity contribution >= 4 is 0 Å². The van der Waals surface area contributed by atoms with Crippen LogP contribution in [0.1, 0.15) is 76.2 Å². The van der Waals surface area contributed by atoms with E-state index < -0.39 is 11.6 Å². The molecule has 30 heavy (non-hydrogen) atoms. The Morgan fingerprint density at radius 2 is 1.33 bits per heavy atom. The molecule has 2 aromatic rings. The third-order valence-corrected chi connectivity index (χ3v) is 7.97. The normalized spacial score (nSPS) is 28.3. The Balaban J connectivity index is 1.30. The molecule has 2 aliphatic rings. The number of hydrogen-bond donors (Lipinski definition) is 1. The van der Waals surface area contributed by atoms with Gasteiger partial charge in [-0.1, -0.05) is 37.3 Å². The smallest absolute Gasteiger partial charge is 0.159 e. The molecule has 1 atom stereocenters. The van der Waals surface area contributed by atoms with E-state index in [9.17, 15) is 8.78 Å². The zero-order valence-electron chi connectivity index (χ0n) is 18.1. The molecule has 3 heteroatoms. The fourth-order valence-corrected chi connectivity index (χ4v) is 5.93. The fourth-order valence-electron chi connectivity index (χ4n) is 5.93. The molecule has 0 heterocycles. The minimum absolute atomic E-state index is 0.399. The Labute approximate surface area is 180 Å². The van der Waals surface area contributed by atoms with E-state index in [0.717, 1.165) is 35.3 Å². The van der Waals surface area contributed by atoms with Crippen molar-refractivity contribution in [2.75, 3.05) is 0 Å². The van der Waals surface area contributed by atoms with Gasteiger partial charge in [-0.25, -0.2) is 8.78 Å². The topological polar surface area (TPSA) is 26.0 Å². The van der Waals surface area contributed by atoms with Gasteiger partial charge < -0.3 is 5.73 Å². The van der Waals surface area contributed by atoms with E-state index in [-0.39, 0.29) is 0 Å². The Bertz CT molecular complexity index is 815. The van der Waals surface area contributed by atoms with Crippen LogP contribution in [0.3, 0.4) is 0 Å². The lowest BCUT2D eigenvalue weighted by Crippen LogP contribution is -2.34. The van der Waals surface area contributed by atoms with Crippen molar-refractivity contribution < 1.29 is 8.78 Å². The molecule has 0 bridgehead atoms. The molecule has 0 saturated heterocycles. The van der Waals surface area contributed by atoms with E-state index in [1.54, 1.807) is 6.07 Å². The van der Waals surface area contributed by atoms with Gasteiger partial charge in [0.05, 0.1) is 0 Å². The van der Waals surface area contributed by atoms with Gasteiger partial charge in [-0.2, -0.15) is 0 Å². The molecule has 2 aliphatic carbocycles. The highest BCUT2D eigenvalue weighted by Crippen LogP contribution is 2.44. The SMILES string of the molecule is CCC(N)C1CCC(C2CCC(c3ccc(-c4ccc(F)c(F)c4)cc3)CC2)CC1. The number of hydrogen-bond acceptors (Lipinski definition) is 1. The molecule has 1 nitrogen and oxygen atoms in total. The second-order valence-corrected chi connectivity index (χ2v) is 9.61. The lowest BCUT2D eigenvalue weighted by atomic mass is 9.67. The first-order chi connectivity index (χ1) is 14.5. The van der Waals surface area contributed by atoms with Crippen LogP contribution in [0.25, 0.3) is 11.1 Å². The molecule has 2 saturated carbocycles. The van der Waals surface area contributed by atoms with Crippen LogP contribution in [0.15, 0.2) is 42.5 Å². The van der Waals surface area contributed by atoms with E-state index >= 15 is 0 Å². The van der Waals surface area contributed by atoms with Gasteiger partial charge in [-0.3, -0.25) is 0 Å². The predicted octanol–water partition coefficient (Wildman–Crippen LogP) is 7.45. The van der Waals surface area contributed by atoms with Gasteiger partial charge in [0, 0.05) is 6.04 Å². The summed E-state index contributed by atoms with van der Waals surface area (Å²) in [5.41, 5.74) is 9.33. The highest BCUT2D eigenvalue weighted by Gasteiger charge is 2.32. The van der Waals surface area contributed by atoms with Gasteiger partial charge in [0.2, 0.25) is 0 Å². The quantitative estimate of drug-likeness (QED) is 0.543. The molecule has 0 amide bonds. The van der Waals surface area contributed by atoms with Gasteiger partial charge >= 0.3 is 0 Å². The lowest BCUT2D eigenvalue weighted by molar-refractivity contribution is 0.149. The van der Waals surface area contributed by atoms with Crippen LogP contribution < -0.4 is 5.73 Å². The minimum atomic E-state index is -0.797. The summed E-state index contributed by atoms with van der Waals surface area (Å²) in [6.45, 7) is 2.21. The molecule has 4 rings (SSSR count). The Morgan fingerprint density at radius 3 is 1.90 bits per heavy atom. The Hall–Kier alpha value is -1.74. The summed E-state index contributed by atoms with van der Waals surface area (Å²) in [7, 11) is 0. The molecule has 2 aromatic carbocycles. The second kappa shape index (κ2) is 9.60. The van der Waals surface area contributed by atoms with Gasteiger partial charge in [-0.05, 0) is 110 Å².